The van der Waals surface area contributed by atoms with Crippen molar-refractivity contribution < 1.29 is 9.53 Å². The summed E-state index contributed by atoms with van der Waals surface area (Å²) in [5, 5.41) is 0.937. The first-order valence-corrected chi connectivity index (χ1v) is 7.25. The summed E-state index contributed by atoms with van der Waals surface area (Å²) < 4.78 is 7.15. The zero-order valence-corrected chi connectivity index (χ0v) is 13.0. The number of ether oxygens (including phenoxy) is 1. The smallest absolute Gasteiger partial charge is 0.191 e. The van der Waals surface area contributed by atoms with Crippen LogP contribution in [0.4, 0.5) is 5.69 Å². The predicted molar refractivity (Wildman–Crippen MR) is 90.2 cm³/mol. The van der Waals surface area contributed by atoms with Crippen molar-refractivity contribution in [1.29, 1.82) is 0 Å². The molecule has 0 aliphatic rings. The molecule has 114 valence electrons. The van der Waals surface area contributed by atoms with Gasteiger partial charge in [0.25, 0.3) is 0 Å². The van der Waals surface area contributed by atoms with E-state index < -0.39 is 0 Å². The van der Waals surface area contributed by atoms with Crippen molar-refractivity contribution in [2.75, 3.05) is 7.11 Å². The maximum atomic E-state index is 12.8. The molecule has 3 rings (SSSR count). The molecule has 0 saturated carbocycles. The molecule has 0 amide bonds. The highest BCUT2D eigenvalue weighted by Gasteiger charge is 2.16. The van der Waals surface area contributed by atoms with Crippen molar-refractivity contribution in [3.05, 3.63) is 71.2 Å². The number of rotatable bonds is 4. The number of nitrogens with zero attached hydrogens (tertiary/aromatic N) is 2. The van der Waals surface area contributed by atoms with Crippen molar-refractivity contribution in [3.8, 4) is 5.75 Å². The van der Waals surface area contributed by atoms with E-state index in [2.05, 4.69) is 4.85 Å². The third kappa shape index (κ3) is 2.69. The Morgan fingerprint density at radius 1 is 1.26 bits per heavy atom. The highest BCUT2D eigenvalue weighted by molar-refractivity contribution is 6.09. The maximum Gasteiger partial charge on any atom is 0.191 e. The van der Waals surface area contributed by atoms with Crippen LogP contribution in [-0.2, 0) is 13.5 Å². The minimum atomic E-state index is -0.0000435. The quantitative estimate of drug-likeness (QED) is 0.536. The molecule has 3 aromatic rings. The molecule has 0 saturated heterocycles. The molecule has 4 nitrogen and oxygen atoms in total. The number of Topliss-reactive ketones (excluding diaryl/α,β-unsaturated/α-hetero) is 1. The van der Waals surface area contributed by atoms with E-state index in [1.54, 1.807) is 25.3 Å². The number of benzene rings is 2. The molecule has 0 aliphatic carbocycles. The molecular formula is C19H16N2O2. The van der Waals surface area contributed by atoms with E-state index >= 15 is 0 Å². The Kier molecular flexibility index (Phi) is 3.86. The Morgan fingerprint density at radius 2 is 2.04 bits per heavy atom. The second-order valence-electron chi connectivity index (χ2n) is 5.38. The maximum absolute atomic E-state index is 12.8. The Hall–Kier alpha value is -3.06. The van der Waals surface area contributed by atoms with Gasteiger partial charge in [0.2, 0.25) is 0 Å². The normalized spacial score (nSPS) is 10.5. The molecule has 1 heterocycles. The molecule has 0 unspecified atom stereocenters. The molecule has 0 N–H and O–H groups in total. The summed E-state index contributed by atoms with van der Waals surface area (Å²) in [5.41, 5.74) is 2.88. The van der Waals surface area contributed by atoms with Gasteiger partial charge in [0, 0.05) is 36.1 Å². The van der Waals surface area contributed by atoms with Crippen molar-refractivity contribution in [1.82, 2.24) is 4.57 Å². The molecule has 1 aromatic heterocycles. The molecule has 0 bridgehead atoms. The zero-order chi connectivity index (χ0) is 16.4. The molecule has 0 aliphatic heterocycles. The number of ketones is 1. The summed E-state index contributed by atoms with van der Waals surface area (Å²) in [6, 6.07) is 13.0. The molecule has 0 spiro atoms. The van der Waals surface area contributed by atoms with Crippen LogP contribution in [0, 0.1) is 6.57 Å². The van der Waals surface area contributed by atoms with Gasteiger partial charge in [-0.25, -0.2) is 4.85 Å². The standard InChI is InChI=1S/C19H16N2O2/c1-20-17-9-8-14(23-3)10-13(17)11-19(22)16-12-21(2)18-7-5-4-6-15(16)18/h4-10,12H,11H2,2-3H3. The number of methoxy groups -OCH3 is 1. The Bertz CT molecular complexity index is 932. The number of fused-ring (bicyclic) bond motifs is 1. The highest BCUT2D eigenvalue weighted by Crippen LogP contribution is 2.28. The van der Waals surface area contributed by atoms with Gasteiger partial charge in [-0.05, 0) is 23.8 Å². The molecule has 23 heavy (non-hydrogen) atoms. The summed E-state index contributed by atoms with van der Waals surface area (Å²) in [5.74, 6) is 0.651. The van der Waals surface area contributed by atoms with Crippen LogP contribution in [0.3, 0.4) is 0 Å². The van der Waals surface area contributed by atoms with E-state index in [1.165, 1.54) is 0 Å². The molecule has 0 atom stereocenters. The van der Waals surface area contributed by atoms with E-state index in [-0.39, 0.29) is 12.2 Å². The minimum Gasteiger partial charge on any atom is -0.497 e. The van der Waals surface area contributed by atoms with Crippen LogP contribution in [0.2, 0.25) is 0 Å². The van der Waals surface area contributed by atoms with Crippen molar-refractivity contribution in [2.45, 2.75) is 6.42 Å². The van der Waals surface area contributed by atoms with Crippen LogP contribution in [-0.4, -0.2) is 17.5 Å². The van der Waals surface area contributed by atoms with Crippen LogP contribution < -0.4 is 4.74 Å². The van der Waals surface area contributed by atoms with Gasteiger partial charge in [0.15, 0.2) is 11.5 Å². The Labute approximate surface area is 134 Å². The Morgan fingerprint density at radius 3 is 2.78 bits per heavy atom. The lowest BCUT2D eigenvalue weighted by Crippen LogP contribution is -2.03. The first kappa shape index (κ1) is 14.9. The number of aromatic nitrogens is 1. The van der Waals surface area contributed by atoms with Crippen molar-refractivity contribution in [3.63, 3.8) is 0 Å². The van der Waals surface area contributed by atoms with Crippen LogP contribution in [0.15, 0.2) is 48.7 Å². The van der Waals surface area contributed by atoms with E-state index in [0.717, 1.165) is 10.9 Å². The molecule has 4 heteroatoms. The van der Waals surface area contributed by atoms with Gasteiger partial charge in [0.05, 0.1) is 13.7 Å². The van der Waals surface area contributed by atoms with Crippen molar-refractivity contribution in [2.24, 2.45) is 7.05 Å². The molecule has 0 radical (unpaired) electrons. The van der Waals surface area contributed by atoms with E-state index in [9.17, 15) is 4.79 Å². The average molecular weight is 304 g/mol. The van der Waals surface area contributed by atoms with Gasteiger partial charge < -0.3 is 9.30 Å². The Balaban J connectivity index is 2.00. The van der Waals surface area contributed by atoms with Gasteiger partial charge >= 0.3 is 0 Å². The van der Waals surface area contributed by atoms with Crippen LogP contribution in [0.25, 0.3) is 15.7 Å². The van der Waals surface area contributed by atoms with E-state index in [1.807, 2.05) is 42.1 Å². The van der Waals surface area contributed by atoms with Crippen LogP contribution in [0.1, 0.15) is 15.9 Å². The lowest BCUT2D eigenvalue weighted by molar-refractivity contribution is 0.0994. The molecular weight excluding hydrogens is 288 g/mol. The molecule has 0 fully saturated rings. The fourth-order valence-electron chi connectivity index (χ4n) is 2.77. The second-order valence-corrected chi connectivity index (χ2v) is 5.38. The summed E-state index contributed by atoms with van der Waals surface area (Å²) >= 11 is 0. The molecule has 2 aromatic carbocycles. The third-order valence-electron chi connectivity index (χ3n) is 3.96. The average Bonchev–Trinajstić information content (AvgIpc) is 2.92. The number of hydrogen-bond donors (Lipinski definition) is 0. The van der Waals surface area contributed by atoms with Crippen LogP contribution in [0.5, 0.6) is 5.75 Å². The monoisotopic (exact) mass is 304 g/mol. The summed E-state index contributed by atoms with van der Waals surface area (Å²) in [4.78, 5) is 16.2. The second kappa shape index (κ2) is 5.98. The zero-order valence-electron chi connectivity index (χ0n) is 13.0. The fraction of sp³-hybridized carbons (Fsp3) is 0.158. The van der Waals surface area contributed by atoms with E-state index in [0.29, 0.717) is 22.6 Å². The van der Waals surface area contributed by atoms with Crippen molar-refractivity contribution >= 4 is 22.4 Å². The summed E-state index contributed by atoms with van der Waals surface area (Å²) in [6.45, 7) is 7.27. The number of aryl methyl sites for hydroxylation is 1. The number of carbonyl (C=O) groups is 1. The number of carbonyl (C=O) groups excluding carboxylic acids is 1. The van der Waals surface area contributed by atoms with Gasteiger partial charge in [0.1, 0.15) is 5.75 Å². The SMILES string of the molecule is [C-]#[N+]c1ccc(OC)cc1CC(=O)c1cn(C)c2ccccc12. The summed E-state index contributed by atoms with van der Waals surface area (Å²) in [6.07, 6.45) is 2.04. The van der Waals surface area contributed by atoms with Gasteiger partial charge in [-0.2, -0.15) is 0 Å². The minimum absolute atomic E-state index is 0.0000435. The van der Waals surface area contributed by atoms with Gasteiger partial charge in [-0.1, -0.05) is 24.3 Å². The highest BCUT2D eigenvalue weighted by atomic mass is 16.5. The van der Waals surface area contributed by atoms with E-state index in [4.69, 9.17) is 11.3 Å². The lowest BCUT2D eigenvalue weighted by Gasteiger charge is -2.06. The largest absolute Gasteiger partial charge is 0.497 e. The third-order valence-corrected chi connectivity index (χ3v) is 3.96. The topological polar surface area (TPSA) is 35.6 Å². The predicted octanol–water partition coefficient (Wildman–Crippen LogP) is 4.16. The van der Waals surface area contributed by atoms with Crippen LogP contribution >= 0.6 is 0 Å². The first-order valence-electron chi connectivity index (χ1n) is 7.25. The fourth-order valence-corrected chi connectivity index (χ4v) is 2.77. The summed E-state index contributed by atoms with van der Waals surface area (Å²) in [7, 11) is 3.50. The van der Waals surface area contributed by atoms with Gasteiger partial charge in [-0.15, -0.1) is 0 Å². The number of hydrogen-bond acceptors (Lipinski definition) is 2. The number of para-hydroxylation sites is 1. The lowest BCUT2D eigenvalue weighted by atomic mass is 10.0. The van der Waals surface area contributed by atoms with Gasteiger partial charge in [-0.3, -0.25) is 4.79 Å². The first-order chi connectivity index (χ1) is 11.1.